The summed E-state index contributed by atoms with van der Waals surface area (Å²) >= 11 is 3.40. The summed E-state index contributed by atoms with van der Waals surface area (Å²) in [5, 5.41) is 0. The van der Waals surface area contributed by atoms with Crippen molar-refractivity contribution in [1.82, 2.24) is 0 Å². The molecule has 82 valence electrons. The Balaban J connectivity index is 2.18. The van der Waals surface area contributed by atoms with Crippen molar-refractivity contribution in [2.24, 2.45) is 0 Å². The highest BCUT2D eigenvalue weighted by Gasteiger charge is 2.04. The average molecular weight is 296 g/mol. The lowest BCUT2D eigenvalue weighted by molar-refractivity contribution is 0.686. The van der Waals surface area contributed by atoms with Crippen molar-refractivity contribution < 1.29 is 4.21 Å². The Hall–Kier alpha value is -1.13. The van der Waals surface area contributed by atoms with E-state index in [1.807, 2.05) is 54.6 Å². The number of nitrogens with one attached hydrogen (secondary N) is 1. The molecule has 0 aromatic heterocycles. The summed E-state index contributed by atoms with van der Waals surface area (Å²) in [7, 11) is -1.22. The number of para-hydroxylation sites is 1. The Morgan fingerprint density at radius 1 is 0.938 bits per heavy atom. The van der Waals surface area contributed by atoms with E-state index in [2.05, 4.69) is 20.7 Å². The van der Waals surface area contributed by atoms with Crippen molar-refractivity contribution in [3.8, 4) is 0 Å². The lowest BCUT2D eigenvalue weighted by Gasteiger charge is -2.07. The third kappa shape index (κ3) is 2.71. The second-order valence-corrected chi connectivity index (χ2v) is 5.23. The minimum atomic E-state index is -1.22. The van der Waals surface area contributed by atoms with Crippen molar-refractivity contribution in [2.75, 3.05) is 4.72 Å². The maximum atomic E-state index is 11.9. The molecule has 0 bridgehead atoms. The van der Waals surface area contributed by atoms with Gasteiger partial charge >= 0.3 is 0 Å². The molecule has 0 aliphatic rings. The van der Waals surface area contributed by atoms with E-state index in [4.69, 9.17) is 0 Å². The predicted octanol–water partition coefficient (Wildman–Crippen LogP) is 3.58. The Labute approximate surface area is 105 Å². The number of hydrogen-bond donors (Lipinski definition) is 1. The zero-order valence-corrected chi connectivity index (χ0v) is 10.8. The fourth-order valence-corrected chi connectivity index (χ4v) is 2.66. The SMILES string of the molecule is O=S(Nc1ccccc1Br)c1ccccc1. The molecular weight excluding hydrogens is 286 g/mol. The molecule has 1 atom stereocenters. The van der Waals surface area contributed by atoms with Crippen molar-refractivity contribution in [2.45, 2.75) is 4.90 Å². The van der Waals surface area contributed by atoms with Gasteiger partial charge in [-0.2, -0.15) is 0 Å². The maximum absolute atomic E-state index is 11.9. The summed E-state index contributed by atoms with van der Waals surface area (Å²) in [4.78, 5) is 0.762. The van der Waals surface area contributed by atoms with Gasteiger partial charge in [0.25, 0.3) is 0 Å². The lowest BCUT2D eigenvalue weighted by atomic mass is 10.3. The van der Waals surface area contributed by atoms with Gasteiger partial charge in [-0.1, -0.05) is 30.3 Å². The van der Waals surface area contributed by atoms with Crippen LogP contribution >= 0.6 is 15.9 Å². The first kappa shape index (κ1) is 11.4. The Morgan fingerprint density at radius 3 is 2.25 bits per heavy atom. The molecule has 2 aromatic rings. The van der Waals surface area contributed by atoms with Gasteiger partial charge < -0.3 is 4.72 Å². The van der Waals surface area contributed by atoms with E-state index in [1.54, 1.807) is 0 Å². The van der Waals surface area contributed by atoms with Crippen LogP contribution in [0.15, 0.2) is 64.0 Å². The summed E-state index contributed by atoms with van der Waals surface area (Å²) in [6.07, 6.45) is 0. The average Bonchev–Trinajstić information content (AvgIpc) is 2.33. The molecular formula is C12H10BrNOS. The maximum Gasteiger partial charge on any atom is 0.150 e. The summed E-state index contributed by atoms with van der Waals surface area (Å²) in [5.41, 5.74) is 0.824. The van der Waals surface area contributed by atoms with E-state index in [9.17, 15) is 4.21 Å². The third-order valence-electron chi connectivity index (χ3n) is 2.03. The summed E-state index contributed by atoms with van der Waals surface area (Å²) in [6, 6.07) is 16.9. The number of halogens is 1. The van der Waals surface area contributed by atoms with Gasteiger partial charge in [-0.3, -0.25) is 0 Å². The van der Waals surface area contributed by atoms with Crippen LogP contribution in [0.25, 0.3) is 0 Å². The van der Waals surface area contributed by atoms with Crippen molar-refractivity contribution in [1.29, 1.82) is 0 Å². The molecule has 0 aliphatic heterocycles. The number of benzene rings is 2. The predicted molar refractivity (Wildman–Crippen MR) is 70.6 cm³/mol. The fraction of sp³-hybridized carbons (Fsp3) is 0. The first-order valence-electron chi connectivity index (χ1n) is 4.75. The molecule has 0 amide bonds. The van der Waals surface area contributed by atoms with Crippen molar-refractivity contribution >= 4 is 32.6 Å². The first-order valence-corrected chi connectivity index (χ1v) is 6.69. The van der Waals surface area contributed by atoms with E-state index in [1.165, 1.54) is 0 Å². The van der Waals surface area contributed by atoms with E-state index in [0.717, 1.165) is 15.1 Å². The normalized spacial score (nSPS) is 12.1. The topological polar surface area (TPSA) is 29.1 Å². The smallest absolute Gasteiger partial charge is 0.150 e. The molecule has 0 fully saturated rings. The van der Waals surface area contributed by atoms with Crippen molar-refractivity contribution in [3.63, 3.8) is 0 Å². The molecule has 2 aromatic carbocycles. The highest BCUT2D eigenvalue weighted by Crippen LogP contribution is 2.22. The van der Waals surface area contributed by atoms with Crippen LogP contribution in [0.3, 0.4) is 0 Å². The molecule has 16 heavy (non-hydrogen) atoms. The van der Waals surface area contributed by atoms with Crippen LogP contribution in [0.1, 0.15) is 0 Å². The van der Waals surface area contributed by atoms with Crippen LogP contribution < -0.4 is 4.72 Å². The highest BCUT2D eigenvalue weighted by atomic mass is 79.9. The number of rotatable bonds is 3. The van der Waals surface area contributed by atoms with Gasteiger partial charge in [-0.25, -0.2) is 4.21 Å². The Bertz CT molecular complexity index is 501. The molecule has 1 unspecified atom stereocenters. The molecule has 0 aliphatic carbocycles. The minimum Gasteiger partial charge on any atom is -0.300 e. The second-order valence-electron chi connectivity index (χ2n) is 3.16. The molecule has 0 radical (unpaired) electrons. The monoisotopic (exact) mass is 295 g/mol. The van der Waals surface area contributed by atoms with Crippen LogP contribution in [0.5, 0.6) is 0 Å². The fourth-order valence-electron chi connectivity index (χ4n) is 1.25. The zero-order chi connectivity index (χ0) is 11.4. The van der Waals surface area contributed by atoms with Gasteiger partial charge in [0, 0.05) is 4.47 Å². The standard InChI is InChI=1S/C12H10BrNOS/c13-11-8-4-5-9-12(11)14-16(15)10-6-2-1-3-7-10/h1-9,14H. The van der Waals surface area contributed by atoms with Gasteiger partial charge in [-0.15, -0.1) is 0 Å². The molecule has 2 nitrogen and oxygen atoms in total. The third-order valence-corrected chi connectivity index (χ3v) is 3.83. The molecule has 1 N–H and O–H groups in total. The van der Waals surface area contributed by atoms with Gasteiger partial charge in [-0.05, 0) is 40.2 Å². The Morgan fingerprint density at radius 2 is 1.56 bits per heavy atom. The summed E-state index contributed by atoms with van der Waals surface area (Å²) in [5.74, 6) is 0. The first-order chi connectivity index (χ1) is 7.77. The quantitative estimate of drug-likeness (QED) is 0.921. The van der Waals surface area contributed by atoms with E-state index < -0.39 is 11.0 Å². The largest absolute Gasteiger partial charge is 0.300 e. The number of anilines is 1. The summed E-state index contributed by atoms with van der Waals surface area (Å²) < 4.78 is 15.8. The molecule has 0 saturated heterocycles. The van der Waals surface area contributed by atoms with E-state index in [0.29, 0.717) is 0 Å². The molecule has 4 heteroatoms. The molecule has 0 saturated carbocycles. The van der Waals surface area contributed by atoms with Crippen LogP contribution in [0.4, 0.5) is 5.69 Å². The van der Waals surface area contributed by atoms with Crippen LogP contribution in [-0.2, 0) is 11.0 Å². The second kappa shape index (κ2) is 5.27. The van der Waals surface area contributed by atoms with E-state index >= 15 is 0 Å². The lowest BCUT2D eigenvalue weighted by Crippen LogP contribution is -2.04. The van der Waals surface area contributed by atoms with Crippen LogP contribution in [-0.4, -0.2) is 4.21 Å². The van der Waals surface area contributed by atoms with Crippen LogP contribution in [0, 0.1) is 0 Å². The van der Waals surface area contributed by atoms with Gasteiger partial charge in [0.2, 0.25) is 0 Å². The zero-order valence-electron chi connectivity index (χ0n) is 8.39. The molecule has 0 heterocycles. The highest BCUT2D eigenvalue weighted by molar-refractivity contribution is 9.10. The van der Waals surface area contributed by atoms with Crippen molar-refractivity contribution in [3.05, 3.63) is 59.1 Å². The van der Waals surface area contributed by atoms with E-state index in [-0.39, 0.29) is 0 Å². The van der Waals surface area contributed by atoms with Gasteiger partial charge in [0.05, 0.1) is 10.6 Å². The Kier molecular flexibility index (Phi) is 3.74. The van der Waals surface area contributed by atoms with Crippen LogP contribution in [0.2, 0.25) is 0 Å². The minimum absolute atomic E-state index is 0.762. The molecule has 0 spiro atoms. The van der Waals surface area contributed by atoms with Gasteiger partial charge in [0.1, 0.15) is 11.0 Å². The molecule has 2 rings (SSSR count). The summed E-state index contributed by atoms with van der Waals surface area (Å²) in [6.45, 7) is 0. The van der Waals surface area contributed by atoms with Gasteiger partial charge in [0.15, 0.2) is 0 Å². The number of hydrogen-bond acceptors (Lipinski definition) is 1.